The molecule has 7 aromatic carbocycles. The van der Waals surface area contributed by atoms with Gasteiger partial charge in [0.25, 0.3) is 0 Å². The van der Waals surface area contributed by atoms with E-state index in [4.69, 9.17) is 4.98 Å². The van der Waals surface area contributed by atoms with Crippen LogP contribution in [-0.4, -0.2) is 4.98 Å². The van der Waals surface area contributed by atoms with Gasteiger partial charge in [0.1, 0.15) is 5.01 Å². The van der Waals surface area contributed by atoms with Crippen LogP contribution >= 0.6 is 22.7 Å². The Morgan fingerprint density at radius 1 is 0.481 bits per heavy atom. The van der Waals surface area contributed by atoms with Crippen molar-refractivity contribution in [1.29, 1.82) is 0 Å². The van der Waals surface area contributed by atoms with E-state index < -0.39 is 0 Å². The van der Waals surface area contributed by atoms with Crippen LogP contribution in [0.3, 0.4) is 0 Å². The Bertz CT molecular complexity index is 2670. The number of rotatable bonds is 9. The van der Waals surface area contributed by atoms with Gasteiger partial charge in [0.15, 0.2) is 0 Å². The van der Waals surface area contributed by atoms with Crippen LogP contribution in [0.15, 0.2) is 164 Å². The predicted molar refractivity (Wildman–Crippen MR) is 235 cm³/mol. The highest BCUT2D eigenvalue weighted by molar-refractivity contribution is 7.22. The van der Waals surface area contributed by atoms with Gasteiger partial charge in [-0.3, -0.25) is 0 Å². The molecule has 0 aliphatic heterocycles. The maximum atomic E-state index is 5.41. The van der Waals surface area contributed by atoms with Gasteiger partial charge in [0.05, 0.1) is 10.2 Å². The molecule has 0 saturated heterocycles. The molecule has 9 rings (SSSR count). The molecule has 0 bridgehead atoms. The summed E-state index contributed by atoms with van der Waals surface area (Å²) in [6.07, 6.45) is 2.29. The van der Waals surface area contributed by atoms with E-state index in [0.29, 0.717) is 0 Å². The van der Waals surface area contributed by atoms with Gasteiger partial charge in [-0.2, -0.15) is 0 Å². The van der Waals surface area contributed by atoms with Gasteiger partial charge in [0.2, 0.25) is 0 Å². The molecular weight excluding hydrogens is 693 g/mol. The second-order valence-corrected chi connectivity index (χ2v) is 16.1. The standard InChI is InChI=1S/C50H40N2S2/c1-4-12-42-34(3)53-48-44(17-11-18-46(42)48)37-25-23-35(24-26-37)43-31-32-45(36-21-19-33(2)20-22-36)49-47(43)51-50(54-49)38-27-29-41(30-28-38)52(39-13-7-5-8-14-39)40-15-9-6-10-16-40/h5-11,13-32H,4,12H2,1-3H3. The van der Waals surface area contributed by atoms with E-state index in [1.54, 1.807) is 11.3 Å². The summed E-state index contributed by atoms with van der Waals surface area (Å²) in [5, 5.41) is 2.42. The highest BCUT2D eigenvalue weighted by atomic mass is 32.1. The Hall–Kier alpha value is -5.81. The third kappa shape index (κ3) is 6.32. The highest BCUT2D eigenvalue weighted by Crippen LogP contribution is 2.44. The van der Waals surface area contributed by atoms with Crippen molar-refractivity contribution in [2.75, 3.05) is 4.90 Å². The molecule has 0 radical (unpaired) electrons. The number of nitrogens with zero attached hydrogens (tertiary/aromatic N) is 2. The first kappa shape index (κ1) is 34.0. The smallest absolute Gasteiger partial charge is 0.124 e. The normalized spacial score (nSPS) is 11.4. The number of thiophene rings is 1. The third-order valence-electron chi connectivity index (χ3n) is 10.3. The number of aromatic nitrogens is 1. The van der Waals surface area contributed by atoms with Gasteiger partial charge in [-0.25, -0.2) is 4.98 Å². The van der Waals surface area contributed by atoms with Crippen molar-refractivity contribution in [3.05, 3.63) is 180 Å². The molecule has 54 heavy (non-hydrogen) atoms. The van der Waals surface area contributed by atoms with E-state index in [9.17, 15) is 0 Å². The van der Waals surface area contributed by atoms with Crippen molar-refractivity contribution < 1.29 is 0 Å². The van der Waals surface area contributed by atoms with Crippen molar-refractivity contribution >= 4 is 60.0 Å². The summed E-state index contributed by atoms with van der Waals surface area (Å²) in [6.45, 7) is 6.68. The van der Waals surface area contributed by atoms with Crippen LogP contribution in [0.2, 0.25) is 0 Å². The maximum absolute atomic E-state index is 5.41. The molecule has 0 N–H and O–H groups in total. The lowest BCUT2D eigenvalue weighted by atomic mass is 9.96. The number of aryl methyl sites for hydroxylation is 3. The minimum atomic E-state index is 1.02. The molecule has 0 aliphatic carbocycles. The number of hydrogen-bond donors (Lipinski definition) is 0. The monoisotopic (exact) mass is 732 g/mol. The Kier molecular flexibility index (Phi) is 9.16. The molecule has 262 valence electrons. The summed E-state index contributed by atoms with van der Waals surface area (Å²) in [6, 6.07) is 59.2. The number of anilines is 3. The molecule has 0 amide bonds. The zero-order valence-corrected chi connectivity index (χ0v) is 32.3. The first-order valence-electron chi connectivity index (χ1n) is 18.7. The molecule has 2 nitrogen and oxygen atoms in total. The minimum Gasteiger partial charge on any atom is -0.311 e. The van der Waals surface area contributed by atoms with Crippen LogP contribution in [0.25, 0.3) is 64.3 Å². The summed E-state index contributed by atoms with van der Waals surface area (Å²) in [5.41, 5.74) is 15.6. The fourth-order valence-corrected chi connectivity index (χ4v) is 9.95. The molecule has 0 aliphatic rings. The first-order chi connectivity index (χ1) is 26.6. The largest absolute Gasteiger partial charge is 0.311 e. The molecule has 2 heterocycles. The van der Waals surface area contributed by atoms with Crippen LogP contribution < -0.4 is 4.90 Å². The van der Waals surface area contributed by atoms with Gasteiger partial charge in [-0.1, -0.05) is 134 Å². The molecule has 0 unspecified atom stereocenters. The van der Waals surface area contributed by atoms with E-state index >= 15 is 0 Å². The van der Waals surface area contributed by atoms with Crippen LogP contribution in [0.4, 0.5) is 17.1 Å². The molecule has 4 heteroatoms. The van der Waals surface area contributed by atoms with Crippen molar-refractivity contribution in [2.45, 2.75) is 33.6 Å². The number of benzene rings is 7. The van der Waals surface area contributed by atoms with E-state index in [1.807, 2.05) is 11.3 Å². The second kappa shape index (κ2) is 14.5. The van der Waals surface area contributed by atoms with Gasteiger partial charge < -0.3 is 4.90 Å². The minimum absolute atomic E-state index is 1.02. The number of thiazole rings is 1. The third-order valence-corrected chi connectivity index (χ3v) is 12.7. The van der Waals surface area contributed by atoms with Crippen LogP contribution in [0.1, 0.15) is 29.3 Å². The Labute approximate surface area is 325 Å². The predicted octanol–water partition coefficient (Wildman–Crippen LogP) is 15.2. The zero-order chi connectivity index (χ0) is 36.6. The van der Waals surface area contributed by atoms with Crippen LogP contribution in [-0.2, 0) is 6.42 Å². The molecule has 0 spiro atoms. The van der Waals surface area contributed by atoms with Crippen molar-refractivity contribution in [3.8, 4) is 44.0 Å². The summed E-state index contributed by atoms with van der Waals surface area (Å²) in [4.78, 5) is 9.14. The Morgan fingerprint density at radius 3 is 1.65 bits per heavy atom. The number of fused-ring (bicyclic) bond motifs is 2. The van der Waals surface area contributed by atoms with E-state index in [1.165, 1.54) is 58.6 Å². The van der Waals surface area contributed by atoms with Crippen LogP contribution in [0.5, 0.6) is 0 Å². The topological polar surface area (TPSA) is 16.1 Å². The molecule has 9 aromatic rings. The number of para-hydroxylation sites is 2. The molecular formula is C50H40N2S2. The Morgan fingerprint density at radius 2 is 1.02 bits per heavy atom. The summed E-state index contributed by atoms with van der Waals surface area (Å²) in [5.74, 6) is 0. The highest BCUT2D eigenvalue weighted by Gasteiger charge is 2.18. The Balaban J connectivity index is 1.12. The zero-order valence-electron chi connectivity index (χ0n) is 30.7. The SMILES string of the molecule is CCCc1c(C)sc2c(-c3ccc(-c4ccc(-c5ccc(C)cc5)c5sc(-c6ccc(N(c7ccccc7)c7ccccc7)cc6)nc45)cc3)cccc12. The quantitative estimate of drug-likeness (QED) is 0.147. The lowest BCUT2D eigenvalue weighted by Crippen LogP contribution is -2.09. The van der Waals surface area contributed by atoms with Gasteiger partial charge in [-0.05, 0) is 102 Å². The molecule has 0 atom stereocenters. The maximum Gasteiger partial charge on any atom is 0.124 e. The summed E-state index contributed by atoms with van der Waals surface area (Å²) in [7, 11) is 0. The average molecular weight is 733 g/mol. The molecule has 2 aromatic heterocycles. The van der Waals surface area contributed by atoms with Gasteiger partial charge in [0, 0.05) is 43.3 Å². The van der Waals surface area contributed by atoms with E-state index in [0.717, 1.165) is 51.6 Å². The summed E-state index contributed by atoms with van der Waals surface area (Å²) < 4.78 is 2.60. The average Bonchev–Trinajstić information content (AvgIpc) is 3.81. The van der Waals surface area contributed by atoms with E-state index in [2.05, 4.69) is 189 Å². The first-order valence-corrected chi connectivity index (χ1v) is 20.3. The van der Waals surface area contributed by atoms with Crippen molar-refractivity contribution in [2.24, 2.45) is 0 Å². The molecule has 0 fully saturated rings. The lowest BCUT2D eigenvalue weighted by molar-refractivity contribution is 0.926. The second-order valence-electron chi connectivity index (χ2n) is 13.9. The van der Waals surface area contributed by atoms with Crippen molar-refractivity contribution in [3.63, 3.8) is 0 Å². The number of hydrogen-bond acceptors (Lipinski definition) is 4. The summed E-state index contributed by atoms with van der Waals surface area (Å²) >= 11 is 3.71. The van der Waals surface area contributed by atoms with Gasteiger partial charge in [-0.15, -0.1) is 22.7 Å². The fraction of sp³-hybridized carbons (Fsp3) is 0.100. The van der Waals surface area contributed by atoms with Crippen LogP contribution in [0, 0.1) is 13.8 Å². The fourth-order valence-electron chi connectivity index (χ4n) is 7.58. The molecule has 0 saturated carbocycles. The van der Waals surface area contributed by atoms with Gasteiger partial charge >= 0.3 is 0 Å². The van der Waals surface area contributed by atoms with Crippen molar-refractivity contribution in [1.82, 2.24) is 4.98 Å². The lowest BCUT2D eigenvalue weighted by Gasteiger charge is -2.25. The van der Waals surface area contributed by atoms with E-state index in [-0.39, 0.29) is 0 Å².